The summed E-state index contributed by atoms with van der Waals surface area (Å²) in [4.78, 5) is 13.4. The van der Waals surface area contributed by atoms with Crippen molar-refractivity contribution in [1.82, 2.24) is 4.90 Å². The minimum Gasteiger partial charge on any atom is -0.345 e. The average Bonchev–Trinajstić information content (AvgIpc) is 1.96. The first-order valence-electron chi connectivity index (χ1n) is 4.76. The van der Waals surface area contributed by atoms with E-state index in [1.54, 1.807) is 4.90 Å². The Morgan fingerprint density at radius 2 is 1.92 bits per heavy atom. The van der Waals surface area contributed by atoms with E-state index in [0.717, 1.165) is 13.0 Å². The van der Waals surface area contributed by atoms with Gasteiger partial charge in [-0.25, -0.2) is 0 Å². The molecule has 2 N–H and O–H groups in total. The summed E-state index contributed by atoms with van der Waals surface area (Å²) in [6.45, 7) is 8.48. The molecule has 0 aliphatic rings. The minimum absolute atomic E-state index is 0.162. The summed E-state index contributed by atoms with van der Waals surface area (Å²) in [5.74, 6) is 0.174. The second-order valence-corrected chi connectivity index (χ2v) is 4.74. The number of amides is 1. The van der Waals surface area contributed by atoms with Gasteiger partial charge in [-0.3, -0.25) is 4.79 Å². The zero-order valence-electron chi connectivity index (χ0n) is 9.42. The highest BCUT2D eigenvalue weighted by Gasteiger charge is 2.24. The molecular formula is C10H22N2O. The van der Waals surface area contributed by atoms with E-state index in [9.17, 15) is 4.79 Å². The number of carbonyl (C=O) groups excluding carboxylic acids is 1. The smallest absolute Gasteiger partial charge is 0.227 e. The lowest BCUT2D eigenvalue weighted by Gasteiger charge is -2.26. The van der Waals surface area contributed by atoms with Crippen molar-refractivity contribution in [1.29, 1.82) is 0 Å². The Labute approximate surface area is 81.3 Å². The fourth-order valence-corrected chi connectivity index (χ4v) is 1.07. The molecule has 0 aromatic carbocycles. The highest BCUT2D eigenvalue weighted by Crippen LogP contribution is 2.16. The summed E-state index contributed by atoms with van der Waals surface area (Å²) in [7, 11) is 1.83. The summed E-state index contributed by atoms with van der Waals surface area (Å²) in [5.41, 5.74) is 5.33. The highest BCUT2D eigenvalue weighted by molar-refractivity contribution is 5.81. The average molecular weight is 186 g/mol. The number of hydrogen-bond donors (Lipinski definition) is 1. The van der Waals surface area contributed by atoms with Crippen molar-refractivity contribution in [2.75, 3.05) is 13.6 Å². The van der Waals surface area contributed by atoms with Crippen molar-refractivity contribution >= 4 is 5.91 Å². The number of hydrogen-bond acceptors (Lipinski definition) is 2. The van der Waals surface area contributed by atoms with Crippen LogP contribution in [0.5, 0.6) is 0 Å². The number of nitrogens with two attached hydrogens (primary N) is 1. The third-order valence-corrected chi connectivity index (χ3v) is 1.91. The van der Waals surface area contributed by atoms with E-state index >= 15 is 0 Å². The van der Waals surface area contributed by atoms with Gasteiger partial charge >= 0.3 is 0 Å². The first kappa shape index (κ1) is 12.4. The molecule has 0 fully saturated rings. The molecule has 1 amide bonds. The van der Waals surface area contributed by atoms with Crippen molar-refractivity contribution in [3.05, 3.63) is 0 Å². The van der Waals surface area contributed by atoms with Crippen LogP contribution in [0.4, 0.5) is 0 Å². The van der Waals surface area contributed by atoms with Gasteiger partial charge in [0.05, 0.1) is 0 Å². The number of rotatable bonds is 3. The standard InChI is InChI=1S/C10H22N2O/c1-8(11)6-7-12(5)9(13)10(2,3)4/h8H,6-7,11H2,1-5H3. The monoisotopic (exact) mass is 186 g/mol. The van der Waals surface area contributed by atoms with E-state index in [0.29, 0.717) is 0 Å². The summed E-state index contributed by atoms with van der Waals surface area (Å²) in [5, 5.41) is 0. The molecular weight excluding hydrogens is 164 g/mol. The molecule has 0 bridgehead atoms. The van der Waals surface area contributed by atoms with Crippen molar-refractivity contribution in [3.63, 3.8) is 0 Å². The van der Waals surface area contributed by atoms with E-state index in [4.69, 9.17) is 5.73 Å². The lowest BCUT2D eigenvalue weighted by atomic mass is 9.95. The summed E-state index contributed by atoms with van der Waals surface area (Å²) in [6.07, 6.45) is 0.859. The summed E-state index contributed by atoms with van der Waals surface area (Å²) < 4.78 is 0. The molecule has 3 nitrogen and oxygen atoms in total. The SMILES string of the molecule is CC(N)CCN(C)C(=O)C(C)(C)C. The molecule has 0 aromatic heterocycles. The van der Waals surface area contributed by atoms with Crippen LogP contribution >= 0.6 is 0 Å². The molecule has 1 atom stereocenters. The van der Waals surface area contributed by atoms with Crippen LogP contribution in [0.25, 0.3) is 0 Å². The molecule has 0 rings (SSSR count). The van der Waals surface area contributed by atoms with Crippen LogP contribution in [0.3, 0.4) is 0 Å². The molecule has 0 spiro atoms. The molecule has 0 saturated carbocycles. The van der Waals surface area contributed by atoms with Crippen LogP contribution in [-0.4, -0.2) is 30.4 Å². The Bertz CT molecular complexity index is 170. The lowest BCUT2D eigenvalue weighted by Crippen LogP contribution is -2.38. The molecule has 0 aliphatic carbocycles. The molecule has 0 radical (unpaired) electrons. The van der Waals surface area contributed by atoms with Gasteiger partial charge in [0, 0.05) is 25.0 Å². The second-order valence-electron chi connectivity index (χ2n) is 4.74. The quantitative estimate of drug-likeness (QED) is 0.720. The third kappa shape index (κ3) is 4.88. The van der Waals surface area contributed by atoms with Gasteiger partial charge in [-0.15, -0.1) is 0 Å². The van der Waals surface area contributed by atoms with Gasteiger partial charge in [0.2, 0.25) is 5.91 Å². The topological polar surface area (TPSA) is 46.3 Å². The molecule has 0 saturated heterocycles. The molecule has 78 valence electrons. The van der Waals surface area contributed by atoms with Crippen LogP contribution in [0.15, 0.2) is 0 Å². The van der Waals surface area contributed by atoms with E-state index in [1.165, 1.54) is 0 Å². The molecule has 0 aliphatic heterocycles. The van der Waals surface area contributed by atoms with Crippen LogP contribution in [-0.2, 0) is 4.79 Å². The van der Waals surface area contributed by atoms with Crippen LogP contribution in [0.1, 0.15) is 34.1 Å². The number of nitrogens with zero attached hydrogens (tertiary/aromatic N) is 1. The normalized spacial score (nSPS) is 14.0. The summed E-state index contributed by atoms with van der Waals surface area (Å²) >= 11 is 0. The zero-order chi connectivity index (χ0) is 10.6. The highest BCUT2D eigenvalue weighted by atomic mass is 16.2. The maximum Gasteiger partial charge on any atom is 0.227 e. The van der Waals surface area contributed by atoms with Crippen molar-refractivity contribution < 1.29 is 4.79 Å². The van der Waals surface area contributed by atoms with Gasteiger partial charge in [0.25, 0.3) is 0 Å². The van der Waals surface area contributed by atoms with Crippen molar-refractivity contribution in [3.8, 4) is 0 Å². The predicted molar refractivity (Wildman–Crippen MR) is 55.4 cm³/mol. The Kier molecular flexibility index (Phi) is 4.40. The van der Waals surface area contributed by atoms with E-state index in [2.05, 4.69) is 0 Å². The van der Waals surface area contributed by atoms with E-state index < -0.39 is 0 Å². The molecule has 13 heavy (non-hydrogen) atoms. The minimum atomic E-state index is -0.285. The molecule has 1 unspecified atom stereocenters. The van der Waals surface area contributed by atoms with Gasteiger partial charge in [0.15, 0.2) is 0 Å². The zero-order valence-corrected chi connectivity index (χ0v) is 9.42. The van der Waals surface area contributed by atoms with E-state index in [1.807, 2.05) is 34.7 Å². The summed E-state index contributed by atoms with van der Waals surface area (Å²) in [6, 6.07) is 0.162. The number of carbonyl (C=O) groups is 1. The Morgan fingerprint density at radius 1 is 1.46 bits per heavy atom. The third-order valence-electron chi connectivity index (χ3n) is 1.91. The van der Waals surface area contributed by atoms with Gasteiger partial charge in [0.1, 0.15) is 0 Å². The van der Waals surface area contributed by atoms with Crippen molar-refractivity contribution in [2.24, 2.45) is 11.1 Å². The predicted octanol–water partition coefficient (Wildman–Crippen LogP) is 1.23. The molecule has 0 heterocycles. The fraction of sp³-hybridized carbons (Fsp3) is 0.900. The second kappa shape index (κ2) is 4.61. The van der Waals surface area contributed by atoms with E-state index in [-0.39, 0.29) is 17.4 Å². The van der Waals surface area contributed by atoms with Crippen LogP contribution in [0.2, 0.25) is 0 Å². The molecule has 0 aromatic rings. The maximum atomic E-state index is 11.7. The van der Waals surface area contributed by atoms with Crippen molar-refractivity contribution in [2.45, 2.75) is 40.2 Å². The van der Waals surface area contributed by atoms with Gasteiger partial charge in [-0.2, -0.15) is 0 Å². The Balaban J connectivity index is 3.98. The Morgan fingerprint density at radius 3 is 2.23 bits per heavy atom. The van der Waals surface area contributed by atoms with Gasteiger partial charge < -0.3 is 10.6 Å². The first-order valence-corrected chi connectivity index (χ1v) is 4.76. The maximum absolute atomic E-state index is 11.7. The first-order chi connectivity index (χ1) is 5.75. The molecule has 3 heteroatoms. The lowest BCUT2D eigenvalue weighted by molar-refractivity contribution is -0.138. The van der Waals surface area contributed by atoms with Crippen LogP contribution < -0.4 is 5.73 Å². The van der Waals surface area contributed by atoms with Crippen LogP contribution in [0, 0.1) is 5.41 Å². The van der Waals surface area contributed by atoms with Gasteiger partial charge in [-0.1, -0.05) is 20.8 Å². The fourth-order valence-electron chi connectivity index (χ4n) is 1.07. The Hall–Kier alpha value is -0.570. The largest absolute Gasteiger partial charge is 0.345 e. The van der Waals surface area contributed by atoms with Gasteiger partial charge in [-0.05, 0) is 13.3 Å².